The summed E-state index contributed by atoms with van der Waals surface area (Å²) in [5.74, 6) is -1.58. The van der Waals surface area contributed by atoms with Crippen molar-refractivity contribution < 1.29 is 39.1 Å². The summed E-state index contributed by atoms with van der Waals surface area (Å²) in [6.45, 7) is 15.3. The maximum Gasteiger partial charge on any atom is 0.308 e. The second kappa shape index (κ2) is 20.8. The van der Waals surface area contributed by atoms with Crippen LogP contribution in [0.2, 0.25) is 0 Å². The minimum atomic E-state index is -1.17. The molecular formula is C41H71N3O8. The van der Waals surface area contributed by atoms with Gasteiger partial charge in [0, 0.05) is 24.3 Å². The van der Waals surface area contributed by atoms with Crippen molar-refractivity contribution in [2.24, 2.45) is 23.7 Å². The van der Waals surface area contributed by atoms with Gasteiger partial charge in [0.15, 0.2) is 12.1 Å². The van der Waals surface area contributed by atoms with Crippen LogP contribution in [-0.2, 0) is 23.8 Å². The fraction of sp³-hybridized carbons (Fsp3) is 0.854. The number of cyclic esters (lactones) is 1. The van der Waals surface area contributed by atoms with E-state index in [0.29, 0.717) is 19.3 Å². The molecule has 0 bridgehead atoms. The van der Waals surface area contributed by atoms with Gasteiger partial charge in [-0.25, -0.2) is 0 Å². The van der Waals surface area contributed by atoms with E-state index in [1.807, 2.05) is 33.8 Å². The van der Waals surface area contributed by atoms with Crippen molar-refractivity contribution in [3.63, 3.8) is 0 Å². The predicted molar refractivity (Wildman–Crippen MR) is 203 cm³/mol. The number of carbonyl (C=O) groups is 2. The molecule has 3 saturated heterocycles. The van der Waals surface area contributed by atoms with Crippen molar-refractivity contribution in [2.45, 2.75) is 148 Å². The Morgan fingerprint density at radius 2 is 1.54 bits per heavy atom. The highest BCUT2D eigenvalue weighted by atomic mass is 16.7. The summed E-state index contributed by atoms with van der Waals surface area (Å²) in [4.78, 5) is 34.1. The number of esters is 1. The quantitative estimate of drug-likeness (QED) is 0.295. The molecule has 12 atom stereocenters. The number of carbonyl (C=O) groups excluding carboxylic acids is 2. The summed E-state index contributed by atoms with van der Waals surface area (Å²) in [6.07, 6.45) is 8.49. The number of ether oxygens (including phenoxy) is 3. The van der Waals surface area contributed by atoms with Gasteiger partial charge in [0.25, 0.3) is 0 Å². The van der Waals surface area contributed by atoms with Crippen LogP contribution in [0.5, 0.6) is 0 Å². The van der Waals surface area contributed by atoms with E-state index < -0.39 is 54.7 Å². The van der Waals surface area contributed by atoms with Crippen LogP contribution in [0.3, 0.4) is 0 Å². The zero-order valence-corrected chi connectivity index (χ0v) is 33.2. The van der Waals surface area contributed by atoms with Crippen LogP contribution in [0.4, 0.5) is 0 Å². The van der Waals surface area contributed by atoms with Gasteiger partial charge in [-0.3, -0.25) is 9.59 Å². The number of ketones is 1. The number of aliphatic hydroxyl groups excluding tert-OH is 3. The molecule has 0 spiro atoms. The van der Waals surface area contributed by atoms with Gasteiger partial charge in [0.1, 0.15) is 12.2 Å². The van der Waals surface area contributed by atoms with Crippen LogP contribution in [-0.4, -0.2) is 144 Å². The molecule has 4 heterocycles. The second-order valence-corrected chi connectivity index (χ2v) is 16.6. The Balaban J connectivity index is 1.68. The average Bonchev–Trinajstić information content (AvgIpc) is 3.12. The van der Waals surface area contributed by atoms with E-state index in [2.05, 4.69) is 15.9 Å². The molecular weight excluding hydrogens is 662 g/mol. The number of aliphatic hydroxyl groups is 3. The van der Waals surface area contributed by atoms with E-state index in [0.717, 1.165) is 70.5 Å². The number of nitrogens with zero attached hydrogens (tertiary/aromatic N) is 3. The Kier molecular flexibility index (Phi) is 17.2. The molecule has 0 aromatic rings. The van der Waals surface area contributed by atoms with Crippen molar-refractivity contribution in [1.29, 1.82) is 0 Å². The lowest BCUT2D eigenvalue weighted by Gasteiger charge is -2.47. The van der Waals surface area contributed by atoms with Crippen LogP contribution in [0.15, 0.2) is 23.8 Å². The predicted octanol–water partition coefficient (Wildman–Crippen LogP) is 4.18. The molecule has 0 aromatic carbocycles. The molecule has 3 fully saturated rings. The van der Waals surface area contributed by atoms with Crippen molar-refractivity contribution in [1.82, 2.24) is 14.7 Å². The van der Waals surface area contributed by atoms with Crippen molar-refractivity contribution >= 4 is 11.8 Å². The summed E-state index contributed by atoms with van der Waals surface area (Å²) < 4.78 is 19.1. The van der Waals surface area contributed by atoms with E-state index in [1.165, 1.54) is 12.8 Å². The van der Waals surface area contributed by atoms with Gasteiger partial charge in [-0.15, -0.1) is 0 Å². The molecule has 0 aliphatic carbocycles. The van der Waals surface area contributed by atoms with E-state index in [9.17, 15) is 24.9 Å². The fourth-order valence-corrected chi connectivity index (χ4v) is 8.83. The second-order valence-electron chi connectivity index (χ2n) is 16.6. The summed E-state index contributed by atoms with van der Waals surface area (Å²) in [5.41, 5.74) is 0.954. The van der Waals surface area contributed by atoms with Crippen LogP contribution in [0, 0.1) is 23.7 Å². The molecule has 11 heteroatoms. The highest BCUT2D eigenvalue weighted by Gasteiger charge is 2.47. The van der Waals surface area contributed by atoms with Crippen LogP contribution in [0.1, 0.15) is 98.8 Å². The molecule has 0 radical (unpaired) electrons. The van der Waals surface area contributed by atoms with Gasteiger partial charge in [-0.05, 0) is 118 Å². The Hall–Kier alpha value is -1.70. The summed E-state index contributed by atoms with van der Waals surface area (Å²) >= 11 is 0. The maximum atomic E-state index is 13.8. The highest BCUT2D eigenvalue weighted by Crippen LogP contribution is 2.35. The Bertz CT molecular complexity index is 1170. The third-order valence-corrected chi connectivity index (χ3v) is 12.1. The smallest absolute Gasteiger partial charge is 0.308 e. The van der Waals surface area contributed by atoms with E-state index >= 15 is 0 Å². The maximum absolute atomic E-state index is 13.8. The molecule has 4 aliphatic rings. The molecule has 0 amide bonds. The number of hydrogen-bond donors (Lipinski definition) is 3. The first-order valence-electron chi connectivity index (χ1n) is 20.3. The van der Waals surface area contributed by atoms with Crippen molar-refractivity contribution in [2.75, 3.05) is 53.4 Å². The molecule has 298 valence electrons. The van der Waals surface area contributed by atoms with Gasteiger partial charge < -0.3 is 44.2 Å². The van der Waals surface area contributed by atoms with E-state index in [-0.39, 0.29) is 36.1 Å². The third-order valence-electron chi connectivity index (χ3n) is 12.1. The molecule has 52 heavy (non-hydrogen) atoms. The first-order chi connectivity index (χ1) is 24.8. The van der Waals surface area contributed by atoms with Gasteiger partial charge in [0.2, 0.25) is 0 Å². The van der Waals surface area contributed by atoms with Gasteiger partial charge in [-0.2, -0.15) is 0 Å². The number of hydrogen-bond acceptors (Lipinski definition) is 11. The molecule has 0 unspecified atom stereocenters. The topological polar surface area (TPSA) is 132 Å². The highest BCUT2D eigenvalue weighted by molar-refractivity contribution is 5.91. The van der Waals surface area contributed by atoms with Crippen molar-refractivity contribution in [3.05, 3.63) is 23.8 Å². The largest absolute Gasteiger partial charge is 0.462 e. The zero-order valence-electron chi connectivity index (χ0n) is 33.2. The minimum Gasteiger partial charge on any atom is -0.462 e. The number of piperidine rings is 2. The minimum absolute atomic E-state index is 0.0270. The molecule has 0 saturated carbocycles. The van der Waals surface area contributed by atoms with E-state index in [4.69, 9.17) is 14.2 Å². The lowest BCUT2D eigenvalue weighted by molar-refractivity contribution is -0.304. The van der Waals surface area contributed by atoms with Crippen LogP contribution < -0.4 is 0 Å². The number of allylic oxidation sites excluding steroid dienone is 3. The monoisotopic (exact) mass is 734 g/mol. The Morgan fingerprint density at radius 3 is 2.15 bits per heavy atom. The van der Waals surface area contributed by atoms with Crippen molar-refractivity contribution in [3.8, 4) is 0 Å². The summed E-state index contributed by atoms with van der Waals surface area (Å²) in [5, 5.41) is 34.2. The molecule has 4 aliphatic heterocycles. The van der Waals surface area contributed by atoms with Gasteiger partial charge in [-0.1, -0.05) is 51.3 Å². The molecule has 11 nitrogen and oxygen atoms in total. The SMILES string of the molecule is CC[C@H]1OC(=O)C[C@@H](O)[C@H](C)[C@@H](O[C@@H]2O[C@H](C)[C@@H](O)[C@H](N(C)C)[C@H]2O)[C@@H](CCN2CCCCC2)C[C@@H](C)C(=O)/C=C\C(C)=C/[C@@H]1CN1CCCCC1. The molecule has 3 N–H and O–H groups in total. The first kappa shape index (κ1) is 43.0. The van der Waals surface area contributed by atoms with Crippen LogP contribution >= 0.6 is 0 Å². The number of rotatable bonds is 9. The summed E-state index contributed by atoms with van der Waals surface area (Å²) in [7, 11) is 3.60. The molecule has 0 aromatic heterocycles. The lowest BCUT2D eigenvalue weighted by atomic mass is 9.79. The van der Waals surface area contributed by atoms with Gasteiger partial charge in [0.05, 0.1) is 36.9 Å². The standard InChI is InChI=1S/C41H71N3O8/c1-8-35-32(26-44-20-13-10-14-21-44)23-27(2)15-16-33(45)28(3)24-31(17-22-43-18-11-9-12-19-43)40(29(4)34(46)25-36(47)51-35)52-41-39(49)37(42(6)7)38(48)30(5)50-41/h15-16,23,28-32,34-35,37-41,46,48-49H,8-14,17-22,24-26H2,1-7H3/b16-15-,27-23-/t28-,29+,30-,31+,32-,34-,35-,37+,38-,39-,40-,41+/m1/s1. The fourth-order valence-electron chi connectivity index (χ4n) is 8.83. The van der Waals surface area contributed by atoms with Crippen LogP contribution in [0.25, 0.3) is 0 Å². The van der Waals surface area contributed by atoms with Gasteiger partial charge >= 0.3 is 5.97 Å². The summed E-state index contributed by atoms with van der Waals surface area (Å²) in [6, 6.07) is -0.632. The Morgan fingerprint density at radius 1 is 0.904 bits per heavy atom. The first-order valence-corrected chi connectivity index (χ1v) is 20.3. The van der Waals surface area contributed by atoms with E-state index in [1.54, 1.807) is 32.0 Å². The molecule has 4 rings (SSSR count). The number of likely N-dealkylation sites (N-methyl/N-ethyl adjacent to an activating group) is 1. The number of likely N-dealkylation sites (tertiary alicyclic amines) is 2. The Labute approximate surface area is 313 Å². The average molecular weight is 734 g/mol. The normalized spacial score (nSPS) is 40.2. The lowest BCUT2D eigenvalue weighted by Crippen LogP contribution is -2.63. The third kappa shape index (κ3) is 12.2. The zero-order chi connectivity index (χ0) is 37.9.